The van der Waals surface area contributed by atoms with E-state index >= 15 is 0 Å². The fourth-order valence-electron chi connectivity index (χ4n) is 2.23. The summed E-state index contributed by atoms with van der Waals surface area (Å²) in [5, 5.41) is 0.528. The first kappa shape index (κ1) is 13.1. The van der Waals surface area contributed by atoms with Gasteiger partial charge in [-0.3, -0.25) is 0 Å². The van der Waals surface area contributed by atoms with Gasteiger partial charge in [-0.2, -0.15) is 0 Å². The summed E-state index contributed by atoms with van der Waals surface area (Å²) in [5.74, 6) is 0.792. The van der Waals surface area contributed by atoms with Crippen LogP contribution in [0, 0.1) is 6.92 Å². The fraction of sp³-hybridized carbons (Fsp3) is 0.267. The minimum atomic E-state index is 0.528. The van der Waals surface area contributed by atoms with Gasteiger partial charge in [-0.15, -0.1) is 0 Å². The Morgan fingerprint density at radius 2 is 1.90 bits per heavy atom. The van der Waals surface area contributed by atoms with Crippen molar-refractivity contribution in [2.24, 2.45) is 0 Å². The van der Waals surface area contributed by atoms with Crippen molar-refractivity contribution in [1.29, 1.82) is 0 Å². The van der Waals surface area contributed by atoms with E-state index in [9.17, 15) is 0 Å². The number of anilines is 1. The monoisotopic (exact) mass is 286 g/mol. The molecule has 102 valence electrons. The van der Waals surface area contributed by atoms with Crippen molar-refractivity contribution < 1.29 is 0 Å². The summed E-state index contributed by atoms with van der Waals surface area (Å²) in [4.78, 5) is 15.0. The Bertz CT molecular complexity index is 619. The second-order valence-corrected chi connectivity index (χ2v) is 5.24. The molecule has 0 atom stereocenters. The lowest BCUT2D eigenvalue weighted by Gasteiger charge is -2.26. The SMILES string of the molecule is Cc1cnc(N2CC=C(c3ccc(Cl)nc3)CC2)nc1. The molecule has 0 saturated heterocycles. The van der Waals surface area contributed by atoms with Crippen LogP contribution in [0.3, 0.4) is 0 Å². The maximum absolute atomic E-state index is 5.81. The molecule has 0 unspecified atom stereocenters. The Morgan fingerprint density at radius 3 is 2.50 bits per heavy atom. The molecule has 0 aromatic carbocycles. The smallest absolute Gasteiger partial charge is 0.225 e. The van der Waals surface area contributed by atoms with Crippen molar-refractivity contribution in [2.75, 3.05) is 18.0 Å². The van der Waals surface area contributed by atoms with Gasteiger partial charge in [0.1, 0.15) is 5.15 Å². The van der Waals surface area contributed by atoms with Gasteiger partial charge in [0.2, 0.25) is 5.95 Å². The van der Waals surface area contributed by atoms with Crippen LogP contribution in [-0.4, -0.2) is 28.0 Å². The topological polar surface area (TPSA) is 41.9 Å². The first-order chi connectivity index (χ1) is 9.72. The molecule has 1 aliphatic heterocycles. The van der Waals surface area contributed by atoms with E-state index in [4.69, 9.17) is 11.6 Å². The van der Waals surface area contributed by atoms with Crippen LogP contribution in [0.25, 0.3) is 5.57 Å². The zero-order valence-electron chi connectivity index (χ0n) is 11.3. The number of pyridine rings is 1. The van der Waals surface area contributed by atoms with Crippen LogP contribution < -0.4 is 4.90 Å². The van der Waals surface area contributed by atoms with Crippen molar-refractivity contribution in [3.05, 3.63) is 53.1 Å². The molecule has 2 aromatic heterocycles. The van der Waals surface area contributed by atoms with Gasteiger partial charge in [0.15, 0.2) is 0 Å². The maximum Gasteiger partial charge on any atom is 0.225 e. The van der Waals surface area contributed by atoms with Gasteiger partial charge in [-0.1, -0.05) is 23.7 Å². The van der Waals surface area contributed by atoms with Crippen molar-refractivity contribution in [2.45, 2.75) is 13.3 Å². The second-order valence-electron chi connectivity index (χ2n) is 4.86. The second kappa shape index (κ2) is 5.59. The molecule has 0 bridgehead atoms. The van der Waals surface area contributed by atoms with Crippen molar-refractivity contribution in [3.8, 4) is 0 Å². The standard InChI is InChI=1S/C15H15ClN4/c1-11-8-18-15(19-9-11)20-6-4-12(5-7-20)13-2-3-14(16)17-10-13/h2-4,8-10H,5-7H2,1H3. The van der Waals surface area contributed by atoms with Crippen LogP contribution in [0.4, 0.5) is 5.95 Å². The molecule has 0 spiro atoms. The Labute approximate surface area is 123 Å². The summed E-state index contributed by atoms with van der Waals surface area (Å²) in [6.45, 7) is 3.73. The molecule has 3 rings (SSSR count). The van der Waals surface area contributed by atoms with Gasteiger partial charge >= 0.3 is 0 Å². The number of hydrogen-bond donors (Lipinski definition) is 0. The molecule has 2 aromatic rings. The number of halogens is 1. The summed E-state index contributed by atoms with van der Waals surface area (Å²) in [5.41, 5.74) is 3.52. The molecule has 0 N–H and O–H groups in total. The lowest BCUT2D eigenvalue weighted by molar-refractivity contribution is 0.794. The highest BCUT2D eigenvalue weighted by molar-refractivity contribution is 6.29. The van der Waals surface area contributed by atoms with Gasteiger partial charge in [0, 0.05) is 31.7 Å². The number of hydrogen-bond acceptors (Lipinski definition) is 4. The van der Waals surface area contributed by atoms with E-state index < -0.39 is 0 Å². The minimum Gasteiger partial charge on any atom is -0.337 e. The third-order valence-corrected chi connectivity index (χ3v) is 3.58. The summed E-state index contributed by atoms with van der Waals surface area (Å²) in [7, 11) is 0. The van der Waals surface area contributed by atoms with Gasteiger partial charge in [0.05, 0.1) is 0 Å². The Morgan fingerprint density at radius 1 is 1.10 bits per heavy atom. The highest BCUT2D eigenvalue weighted by Gasteiger charge is 2.15. The largest absolute Gasteiger partial charge is 0.337 e. The van der Waals surface area contributed by atoms with E-state index in [0.717, 1.165) is 36.6 Å². The van der Waals surface area contributed by atoms with E-state index in [1.54, 1.807) is 0 Å². The third kappa shape index (κ3) is 2.80. The van der Waals surface area contributed by atoms with Gasteiger partial charge in [-0.25, -0.2) is 15.0 Å². The van der Waals surface area contributed by atoms with Gasteiger partial charge < -0.3 is 4.90 Å². The van der Waals surface area contributed by atoms with Gasteiger partial charge in [-0.05, 0) is 36.1 Å². The predicted octanol–water partition coefficient (Wildman–Crippen LogP) is 3.13. The number of rotatable bonds is 2. The van der Waals surface area contributed by atoms with Crippen LogP contribution in [0.1, 0.15) is 17.5 Å². The van der Waals surface area contributed by atoms with Crippen LogP contribution in [0.2, 0.25) is 5.15 Å². The Balaban J connectivity index is 1.74. The van der Waals surface area contributed by atoms with E-state index in [0.29, 0.717) is 5.15 Å². The predicted molar refractivity (Wildman–Crippen MR) is 80.8 cm³/mol. The Kier molecular flexibility index (Phi) is 3.65. The first-order valence-electron chi connectivity index (χ1n) is 6.57. The zero-order chi connectivity index (χ0) is 13.9. The molecular weight excluding hydrogens is 272 g/mol. The van der Waals surface area contributed by atoms with Crippen LogP contribution in [-0.2, 0) is 0 Å². The zero-order valence-corrected chi connectivity index (χ0v) is 12.0. The number of aryl methyl sites for hydroxylation is 1. The van der Waals surface area contributed by atoms with Gasteiger partial charge in [0.25, 0.3) is 0 Å². The molecule has 0 fully saturated rings. The van der Waals surface area contributed by atoms with E-state index in [1.165, 1.54) is 5.57 Å². The average molecular weight is 287 g/mol. The molecule has 1 aliphatic rings. The molecule has 0 saturated carbocycles. The van der Waals surface area contributed by atoms with Crippen LogP contribution in [0.15, 0.2) is 36.8 Å². The fourth-order valence-corrected chi connectivity index (χ4v) is 2.34. The van der Waals surface area contributed by atoms with Crippen LogP contribution in [0.5, 0.6) is 0 Å². The summed E-state index contributed by atoms with van der Waals surface area (Å²) in [6.07, 6.45) is 8.69. The van der Waals surface area contributed by atoms with E-state index in [1.807, 2.05) is 37.6 Å². The maximum atomic E-state index is 5.81. The molecule has 0 radical (unpaired) electrons. The summed E-state index contributed by atoms with van der Waals surface area (Å²) >= 11 is 5.81. The molecule has 0 aliphatic carbocycles. The number of nitrogens with zero attached hydrogens (tertiary/aromatic N) is 4. The quantitative estimate of drug-likeness (QED) is 0.796. The molecule has 0 amide bonds. The average Bonchev–Trinajstić information content (AvgIpc) is 2.49. The summed E-state index contributed by atoms with van der Waals surface area (Å²) < 4.78 is 0. The van der Waals surface area contributed by atoms with E-state index in [-0.39, 0.29) is 0 Å². The van der Waals surface area contributed by atoms with Crippen molar-refractivity contribution in [3.63, 3.8) is 0 Å². The lowest BCUT2D eigenvalue weighted by Crippen LogP contribution is -2.29. The number of aromatic nitrogens is 3. The highest BCUT2D eigenvalue weighted by atomic mass is 35.5. The van der Waals surface area contributed by atoms with Crippen molar-refractivity contribution in [1.82, 2.24) is 15.0 Å². The molecule has 4 nitrogen and oxygen atoms in total. The minimum absolute atomic E-state index is 0.528. The lowest BCUT2D eigenvalue weighted by atomic mass is 10.0. The normalized spacial score (nSPS) is 15.1. The third-order valence-electron chi connectivity index (χ3n) is 3.36. The molecule has 5 heteroatoms. The first-order valence-corrected chi connectivity index (χ1v) is 6.95. The molecule has 3 heterocycles. The molecule has 20 heavy (non-hydrogen) atoms. The highest BCUT2D eigenvalue weighted by Crippen LogP contribution is 2.24. The molecular formula is C15H15ClN4. The summed E-state index contributed by atoms with van der Waals surface area (Å²) in [6, 6.07) is 3.84. The van der Waals surface area contributed by atoms with Crippen molar-refractivity contribution >= 4 is 23.1 Å². The van der Waals surface area contributed by atoms with E-state index in [2.05, 4.69) is 25.9 Å². The Hall–Kier alpha value is -1.94. The van der Waals surface area contributed by atoms with Crippen LogP contribution >= 0.6 is 11.6 Å².